The number of rotatable bonds is 4. The monoisotopic (exact) mass is 290 g/mol. The lowest BCUT2D eigenvalue weighted by Gasteiger charge is -2.27. The molecule has 0 aliphatic carbocycles. The number of anilines is 1. The van der Waals surface area contributed by atoms with Crippen LogP contribution < -0.4 is 4.90 Å². The van der Waals surface area contributed by atoms with Crippen molar-refractivity contribution in [2.75, 3.05) is 18.5 Å². The predicted molar refractivity (Wildman–Crippen MR) is 79.6 cm³/mol. The molecule has 0 bridgehead atoms. The smallest absolute Gasteiger partial charge is 0.324 e. The van der Waals surface area contributed by atoms with Crippen LogP contribution in [0.2, 0.25) is 0 Å². The third kappa shape index (κ3) is 3.21. The molecule has 0 unspecified atom stereocenters. The van der Waals surface area contributed by atoms with Crippen molar-refractivity contribution in [2.24, 2.45) is 0 Å². The van der Waals surface area contributed by atoms with E-state index in [4.69, 9.17) is 0 Å². The van der Waals surface area contributed by atoms with Crippen LogP contribution >= 0.6 is 0 Å². The predicted octanol–water partition coefficient (Wildman–Crippen LogP) is 2.94. The fourth-order valence-electron chi connectivity index (χ4n) is 2.13. The molecule has 2 rings (SSSR count). The van der Waals surface area contributed by atoms with Crippen molar-refractivity contribution in [3.05, 3.63) is 47.8 Å². The van der Waals surface area contributed by atoms with Crippen molar-refractivity contribution >= 4 is 11.7 Å². The zero-order valence-corrected chi connectivity index (χ0v) is 12.4. The molecule has 0 saturated carbocycles. The Hall–Kier alpha value is -2.37. The minimum Gasteiger partial charge on any atom is -0.347 e. The summed E-state index contributed by atoms with van der Waals surface area (Å²) >= 11 is 0. The fourth-order valence-corrected chi connectivity index (χ4v) is 2.13. The maximum Gasteiger partial charge on any atom is 0.324 e. The number of carbonyl (C=O) groups excluding carboxylic acids is 1. The van der Waals surface area contributed by atoms with Gasteiger partial charge in [-0.25, -0.2) is 14.2 Å². The molecule has 0 radical (unpaired) electrons. The molecule has 1 aromatic carbocycles. The van der Waals surface area contributed by atoms with Crippen molar-refractivity contribution < 1.29 is 9.18 Å². The average molecular weight is 290 g/mol. The van der Waals surface area contributed by atoms with Gasteiger partial charge in [0.1, 0.15) is 11.6 Å². The summed E-state index contributed by atoms with van der Waals surface area (Å²) in [6, 6.07) is 4.78. The van der Waals surface area contributed by atoms with Crippen molar-refractivity contribution in [1.82, 2.24) is 14.9 Å². The standard InChI is InChI=1S/C15H19FN4O/c1-4-20(12-7-5-6-11(2)14(12)16)15(21)19(3)10-13-17-8-9-18-13/h5-9H,4,10H2,1-3H3,(H,17,18). The summed E-state index contributed by atoms with van der Waals surface area (Å²) < 4.78 is 14.2. The lowest BCUT2D eigenvalue weighted by molar-refractivity contribution is 0.212. The first-order valence-electron chi connectivity index (χ1n) is 6.80. The van der Waals surface area contributed by atoms with Crippen molar-refractivity contribution in [3.63, 3.8) is 0 Å². The van der Waals surface area contributed by atoms with Gasteiger partial charge in [-0.1, -0.05) is 12.1 Å². The van der Waals surface area contributed by atoms with Gasteiger partial charge < -0.3 is 9.88 Å². The molecule has 112 valence electrons. The van der Waals surface area contributed by atoms with Crippen LogP contribution in [-0.4, -0.2) is 34.5 Å². The third-order valence-corrected chi connectivity index (χ3v) is 3.28. The molecule has 1 heterocycles. The first-order valence-corrected chi connectivity index (χ1v) is 6.80. The summed E-state index contributed by atoms with van der Waals surface area (Å²) in [6.07, 6.45) is 3.33. The maximum absolute atomic E-state index is 14.2. The van der Waals surface area contributed by atoms with E-state index in [9.17, 15) is 9.18 Å². The SMILES string of the molecule is CCN(C(=O)N(C)Cc1ncc[nH]1)c1cccc(C)c1F. The van der Waals surface area contributed by atoms with Crippen molar-refractivity contribution in [1.29, 1.82) is 0 Å². The van der Waals surface area contributed by atoms with Crippen LogP contribution in [0, 0.1) is 12.7 Å². The molecule has 0 aliphatic rings. The molecule has 21 heavy (non-hydrogen) atoms. The normalized spacial score (nSPS) is 10.5. The minimum atomic E-state index is -0.362. The highest BCUT2D eigenvalue weighted by Gasteiger charge is 2.22. The maximum atomic E-state index is 14.2. The Morgan fingerprint density at radius 3 is 2.81 bits per heavy atom. The number of hydrogen-bond donors (Lipinski definition) is 1. The Bertz CT molecular complexity index is 612. The number of aromatic amines is 1. The van der Waals surface area contributed by atoms with Gasteiger partial charge in [-0.15, -0.1) is 0 Å². The quantitative estimate of drug-likeness (QED) is 0.941. The van der Waals surface area contributed by atoms with Gasteiger partial charge >= 0.3 is 6.03 Å². The van der Waals surface area contributed by atoms with Crippen molar-refractivity contribution in [3.8, 4) is 0 Å². The topological polar surface area (TPSA) is 52.2 Å². The van der Waals surface area contributed by atoms with E-state index in [1.54, 1.807) is 44.6 Å². The third-order valence-electron chi connectivity index (χ3n) is 3.28. The van der Waals surface area contributed by atoms with Gasteiger partial charge in [0.05, 0.1) is 12.2 Å². The first kappa shape index (κ1) is 15.0. The highest BCUT2D eigenvalue weighted by atomic mass is 19.1. The van der Waals surface area contributed by atoms with E-state index in [0.717, 1.165) is 0 Å². The lowest BCUT2D eigenvalue weighted by Crippen LogP contribution is -2.41. The summed E-state index contributed by atoms with van der Waals surface area (Å²) in [5.74, 6) is 0.325. The average Bonchev–Trinajstić information content (AvgIpc) is 2.97. The molecule has 1 N–H and O–H groups in total. The van der Waals surface area contributed by atoms with E-state index >= 15 is 0 Å². The number of nitrogens with zero attached hydrogens (tertiary/aromatic N) is 3. The van der Waals surface area contributed by atoms with Crippen LogP contribution in [0.4, 0.5) is 14.9 Å². The number of benzene rings is 1. The Labute approximate surface area is 123 Å². The van der Waals surface area contributed by atoms with Crippen LogP contribution in [0.25, 0.3) is 0 Å². The number of aryl methyl sites for hydroxylation is 1. The van der Waals surface area contributed by atoms with Crippen molar-refractivity contribution in [2.45, 2.75) is 20.4 Å². The largest absolute Gasteiger partial charge is 0.347 e. The second-order valence-electron chi connectivity index (χ2n) is 4.83. The molecule has 0 saturated heterocycles. The summed E-state index contributed by atoms with van der Waals surface area (Å²) in [5.41, 5.74) is 0.821. The molecule has 5 nitrogen and oxygen atoms in total. The van der Waals surface area contributed by atoms with Gasteiger partial charge in [0.2, 0.25) is 0 Å². The molecule has 0 atom stereocenters. The van der Waals surface area contributed by atoms with E-state index < -0.39 is 0 Å². The second kappa shape index (κ2) is 6.39. The Morgan fingerprint density at radius 2 is 2.19 bits per heavy atom. The van der Waals surface area contributed by atoms with E-state index in [-0.39, 0.29) is 11.8 Å². The summed E-state index contributed by atoms with van der Waals surface area (Å²) in [7, 11) is 1.67. The molecule has 0 spiro atoms. The highest BCUT2D eigenvalue weighted by molar-refractivity contribution is 5.92. The number of carbonyl (C=O) groups is 1. The zero-order chi connectivity index (χ0) is 15.4. The zero-order valence-electron chi connectivity index (χ0n) is 12.4. The molecule has 2 amide bonds. The number of aromatic nitrogens is 2. The van der Waals surface area contributed by atoms with Crippen LogP contribution in [0.1, 0.15) is 18.3 Å². The molecular formula is C15H19FN4O. The molecule has 1 aromatic heterocycles. The molecule has 0 aliphatic heterocycles. The second-order valence-corrected chi connectivity index (χ2v) is 4.83. The van der Waals surface area contributed by atoms with Crippen LogP contribution in [0.15, 0.2) is 30.6 Å². The van der Waals surface area contributed by atoms with E-state index in [1.165, 1.54) is 9.80 Å². The molecule has 6 heteroatoms. The highest BCUT2D eigenvalue weighted by Crippen LogP contribution is 2.23. The Kier molecular flexibility index (Phi) is 4.57. The molecular weight excluding hydrogens is 271 g/mol. The van der Waals surface area contributed by atoms with Gasteiger partial charge in [0, 0.05) is 26.0 Å². The van der Waals surface area contributed by atoms with Gasteiger partial charge in [-0.3, -0.25) is 4.90 Å². The Morgan fingerprint density at radius 1 is 1.43 bits per heavy atom. The number of nitrogens with one attached hydrogen (secondary N) is 1. The molecule has 0 fully saturated rings. The summed E-state index contributed by atoms with van der Waals surface area (Å²) in [5, 5.41) is 0. The number of H-pyrrole nitrogens is 1. The Balaban J connectivity index is 2.20. The minimum absolute atomic E-state index is 0.265. The lowest BCUT2D eigenvalue weighted by atomic mass is 10.2. The van der Waals surface area contributed by atoms with Gasteiger partial charge in [-0.05, 0) is 25.5 Å². The number of halogens is 1. The van der Waals surface area contributed by atoms with Crippen LogP contribution in [0.3, 0.4) is 0 Å². The number of urea groups is 1. The summed E-state index contributed by atoms with van der Waals surface area (Å²) in [4.78, 5) is 22.5. The number of imidazole rings is 1. The first-order chi connectivity index (χ1) is 10.0. The van der Waals surface area contributed by atoms with Gasteiger partial charge in [-0.2, -0.15) is 0 Å². The van der Waals surface area contributed by atoms with E-state index in [1.807, 2.05) is 6.92 Å². The van der Waals surface area contributed by atoms with Gasteiger partial charge in [0.15, 0.2) is 0 Å². The van der Waals surface area contributed by atoms with E-state index in [2.05, 4.69) is 9.97 Å². The van der Waals surface area contributed by atoms with E-state index in [0.29, 0.717) is 30.2 Å². The number of amides is 2. The van der Waals surface area contributed by atoms with Crippen LogP contribution in [0.5, 0.6) is 0 Å². The number of hydrogen-bond acceptors (Lipinski definition) is 2. The molecule has 2 aromatic rings. The van der Waals surface area contributed by atoms with Gasteiger partial charge in [0.25, 0.3) is 0 Å². The summed E-state index contributed by atoms with van der Waals surface area (Å²) in [6.45, 7) is 4.24. The fraction of sp³-hybridized carbons (Fsp3) is 0.333. The van der Waals surface area contributed by atoms with Crippen LogP contribution in [-0.2, 0) is 6.54 Å².